The van der Waals surface area contributed by atoms with Crippen molar-refractivity contribution in [3.8, 4) is 23.3 Å². The van der Waals surface area contributed by atoms with Gasteiger partial charge in [-0.15, -0.1) is 10.2 Å². The zero-order chi connectivity index (χ0) is 16.2. The molecule has 114 valence electrons. The molecule has 0 N–H and O–H groups in total. The minimum Gasteiger partial charge on any atom is -0.269 e. The molecule has 0 radical (unpaired) electrons. The number of aromatic nitrogens is 5. The van der Waals surface area contributed by atoms with Crippen LogP contribution in [0.2, 0.25) is 5.02 Å². The van der Waals surface area contributed by atoms with E-state index in [0.717, 1.165) is 5.69 Å². The number of halogens is 1. The number of hydrogen-bond donors (Lipinski definition) is 0. The Morgan fingerprint density at radius 1 is 1.22 bits per heavy atom. The van der Waals surface area contributed by atoms with E-state index in [1.807, 2.05) is 23.6 Å². The molecule has 1 aromatic carbocycles. The molecule has 0 aliphatic carbocycles. The smallest absolute Gasteiger partial charge is 0.197 e. The third kappa shape index (κ3) is 3.33. The van der Waals surface area contributed by atoms with Crippen molar-refractivity contribution in [1.82, 2.24) is 24.7 Å². The maximum absolute atomic E-state index is 9.05. The summed E-state index contributed by atoms with van der Waals surface area (Å²) in [4.78, 5) is 8.35. The van der Waals surface area contributed by atoms with Crippen LogP contribution in [0.3, 0.4) is 0 Å². The lowest BCUT2D eigenvalue weighted by Gasteiger charge is -2.10. The fourth-order valence-corrected chi connectivity index (χ4v) is 2.81. The molecule has 3 aromatic rings. The zero-order valence-electron chi connectivity index (χ0n) is 12.1. The van der Waals surface area contributed by atoms with E-state index >= 15 is 0 Å². The Hall–Kier alpha value is -2.43. The lowest BCUT2D eigenvalue weighted by Crippen LogP contribution is -2.02. The fraction of sp³-hybridized carbons (Fsp3) is 0.133. The Morgan fingerprint density at radius 2 is 2.00 bits per heavy atom. The van der Waals surface area contributed by atoms with Gasteiger partial charge in [-0.2, -0.15) is 5.26 Å². The summed E-state index contributed by atoms with van der Waals surface area (Å²) in [5.74, 6) is 0.563. The number of hydrogen-bond acceptors (Lipinski definition) is 6. The van der Waals surface area contributed by atoms with E-state index < -0.39 is 0 Å². The molecule has 0 bridgehead atoms. The summed E-state index contributed by atoms with van der Waals surface area (Å²) < 4.78 is 1.85. The second-order valence-electron chi connectivity index (χ2n) is 4.60. The molecule has 0 amide bonds. The molecule has 3 rings (SSSR count). The topological polar surface area (TPSA) is 80.3 Å². The van der Waals surface area contributed by atoms with Crippen molar-refractivity contribution in [1.29, 1.82) is 5.26 Å². The summed E-state index contributed by atoms with van der Waals surface area (Å²) in [5, 5.41) is 18.5. The molecule has 0 saturated heterocycles. The van der Waals surface area contributed by atoms with Crippen LogP contribution in [0.25, 0.3) is 17.2 Å². The van der Waals surface area contributed by atoms with E-state index in [1.54, 1.807) is 30.7 Å². The molecule has 8 heteroatoms. The first kappa shape index (κ1) is 15.5. The number of benzene rings is 1. The third-order valence-corrected chi connectivity index (χ3v) is 4.16. The highest BCUT2D eigenvalue weighted by Gasteiger charge is 2.19. The van der Waals surface area contributed by atoms with Crippen LogP contribution in [0.4, 0.5) is 0 Å². The van der Waals surface area contributed by atoms with Crippen LogP contribution in [0.1, 0.15) is 6.92 Å². The van der Waals surface area contributed by atoms with E-state index in [9.17, 15) is 0 Å². The number of thioether (sulfide) groups is 1. The molecule has 2 aromatic heterocycles. The van der Waals surface area contributed by atoms with Crippen LogP contribution in [0.15, 0.2) is 48.0 Å². The second kappa shape index (κ2) is 6.77. The second-order valence-corrected chi connectivity index (χ2v) is 6.34. The van der Waals surface area contributed by atoms with Gasteiger partial charge in [0.15, 0.2) is 11.0 Å². The summed E-state index contributed by atoms with van der Waals surface area (Å²) in [6, 6.07) is 9.50. The summed E-state index contributed by atoms with van der Waals surface area (Å²) in [6.07, 6.45) is 4.82. The van der Waals surface area contributed by atoms with Crippen molar-refractivity contribution in [3.63, 3.8) is 0 Å². The molecule has 0 fully saturated rings. The Bertz CT molecular complexity index is 841. The molecule has 0 aliphatic heterocycles. The highest BCUT2D eigenvalue weighted by Crippen LogP contribution is 2.29. The predicted molar refractivity (Wildman–Crippen MR) is 88.3 cm³/mol. The van der Waals surface area contributed by atoms with Gasteiger partial charge in [0.25, 0.3) is 0 Å². The Kier molecular flexibility index (Phi) is 4.55. The molecule has 0 spiro atoms. The highest BCUT2D eigenvalue weighted by molar-refractivity contribution is 8.00. The molecule has 2 heterocycles. The average Bonchev–Trinajstić information content (AvgIpc) is 3.00. The standard InChI is InChI=1S/C15H11ClN6S/c1-10(8-17)23-15-21-20-14(13-9-18-6-7-19-13)22(15)12-4-2-11(16)3-5-12/h2-7,9-10H,1H3/t10-/m0/s1. The van der Waals surface area contributed by atoms with Gasteiger partial charge in [-0.1, -0.05) is 23.4 Å². The van der Waals surface area contributed by atoms with Gasteiger partial charge in [0.1, 0.15) is 5.69 Å². The van der Waals surface area contributed by atoms with E-state index in [4.69, 9.17) is 16.9 Å². The minimum atomic E-state index is -0.250. The van der Waals surface area contributed by atoms with Crippen molar-refractivity contribution in [2.45, 2.75) is 17.3 Å². The molecule has 0 saturated carbocycles. The summed E-state index contributed by atoms with van der Waals surface area (Å²) >= 11 is 7.30. The van der Waals surface area contributed by atoms with Gasteiger partial charge >= 0.3 is 0 Å². The quantitative estimate of drug-likeness (QED) is 0.676. The normalized spacial score (nSPS) is 11.9. The van der Waals surface area contributed by atoms with Gasteiger partial charge in [0, 0.05) is 23.1 Å². The Morgan fingerprint density at radius 3 is 2.65 bits per heavy atom. The van der Waals surface area contributed by atoms with Crippen molar-refractivity contribution < 1.29 is 0 Å². The minimum absolute atomic E-state index is 0.250. The SMILES string of the molecule is C[C@@H](C#N)Sc1nnc(-c2cnccn2)n1-c1ccc(Cl)cc1. The van der Waals surface area contributed by atoms with Gasteiger partial charge in [0.05, 0.1) is 17.5 Å². The van der Waals surface area contributed by atoms with E-state index in [1.165, 1.54) is 11.8 Å². The molecular weight excluding hydrogens is 332 g/mol. The fourth-order valence-electron chi connectivity index (χ4n) is 1.93. The first-order valence-corrected chi connectivity index (χ1v) is 7.99. The average molecular weight is 343 g/mol. The van der Waals surface area contributed by atoms with Crippen LogP contribution in [0, 0.1) is 11.3 Å². The maximum Gasteiger partial charge on any atom is 0.197 e. The maximum atomic E-state index is 9.05. The largest absolute Gasteiger partial charge is 0.269 e. The van der Waals surface area contributed by atoms with Crippen LogP contribution in [-0.4, -0.2) is 30.0 Å². The summed E-state index contributed by atoms with van der Waals surface area (Å²) in [6.45, 7) is 1.81. The van der Waals surface area contributed by atoms with Crippen LogP contribution < -0.4 is 0 Å². The van der Waals surface area contributed by atoms with Crippen molar-refractivity contribution >= 4 is 23.4 Å². The number of rotatable bonds is 4. The van der Waals surface area contributed by atoms with Crippen molar-refractivity contribution in [2.75, 3.05) is 0 Å². The predicted octanol–water partition coefficient (Wildman–Crippen LogP) is 3.38. The highest BCUT2D eigenvalue weighted by atomic mass is 35.5. The van der Waals surface area contributed by atoms with Gasteiger partial charge in [-0.05, 0) is 31.2 Å². The van der Waals surface area contributed by atoms with Gasteiger partial charge in [-0.25, -0.2) is 4.98 Å². The lowest BCUT2D eigenvalue weighted by atomic mass is 10.3. The molecule has 6 nitrogen and oxygen atoms in total. The van der Waals surface area contributed by atoms with Crippen LogP contribution in [0.5, 0.6) is 0 Å². The Balaban J connectivity index is 2.14. The number of nitrogens with zero attached hydrogens (tertiary/aromatic N) is 6. The van der Waals surface area contributed by atoms with E-state index in [0.29, 0.717) is 21.7 Å². The Labute approximate surface area is 142 Å². The molecule has 0 unspecified atom stereocenters. The van der Waals surface area contributed by atoms with Crippen molar-refractivity contribution in [2.24, 2.45) is 0 Å². The zero-order valence-corrected chi connectivity index (χ0v) is 13.7. The molecule has 0 aliphatic rings. The van der Waals surface area contributed by atoms with Crippen LogP contribution in [-0.2, 0) is 0 Å². The van der Waals surface area contributed by atoms with E-state index in [-0.39, 0.29) is 5.25 Å². The van der Waals surface area contributed by atoms with E-state index in [2.05, 4.69) is 26.2 Å². The van der Waals surface area contributed by atoms with Crippen LogP contribution >= 0.6 is 23.4 Å². The molecular formula is C15H11ClN6S. The summed E-state index contributed by atoms with van der Waals surface area (Å²) in [5.41, 5.74) is 1.44. The molecule has 23 heavy (non-hydrogen) atoms. The van der Waals surface area contributed by atoms with Gasteiger partial charge in [0.2, 0.25) is 0 Å². The van der Waals surface area contributed by atoms with Gasteiger partial charge < -0.3 is 0 Å². The first-order valence-electron chi connectivity index (χ1n) is 6.73. The number of nitriles is 1. The lowest BCUT2D eigenvalue weighted by molar-refractivity contribution is 0.882. The summed E-state index contributed by atoms with van der Waals surface area (Å²) in [7, 11) is 0. The first-order chi connectivity index (χ1) is 11.2. The third-order valence-electron chi connectivity index (χ3n) is 2.97. The van der Waals surface area contributed by atoms with Gasteiger partial charge in [-0.3, -0.25) is 9.55 Å². The molecule has 1 atom stereocenters. The van der Waals surface area contributed by atoms with Crippen molar-refractivity contribution in [3.05, 3.63) is 47.9 Å². The monoisotopic (exact) mass is 342 g/mol.